The van der Waals surface area contributed by atoms with E-state index < -0.39 is 46.3 Å². The Morgan fingerprint density at radius 3 is 2.51 bits per heavy atom. The Bertz CT molecular complexity index is 1070. The largest absolute Gasteiger partial charge is 0.455 e. The van der Waals surface area contributed by atoms with E-state index in [0.717, 1.165) is 5.57 Å². The summed E-state index contributed by atoms with van der Waals surface area (Å²) in [5.74, 6) is -0.791. The number of fused-ring (bicyclic) bond motifs is 5. The molecule has 0 aromatic rings. The molecule has 2 fully saturated rings. The third kappa shape index (κ3) is 2.87. The maximum Gasteiger partial charge on any atom is 0.336 e. The van der Waals surface area contributed by atoms with Gasteiger partial charge < -0.3 is 25.2 Å². The lowest BCUT2D eigenvalue weighted by Crippen LogP contribution is -2.72. The minimum atomic E-state index is -1.83. The van der Waals surface area contributed by atoms with Crippen LogP contribution in [0.15, 0.2) is 34.9 Å². The van der Waals surface area contributed by atoms with Gasteiger partial charge in [-0.1, -0.05) is 30.7 Å². The number of ether oxygens (including phenoxy) is 1. The number of rotatable bonds is 3. The van der Waals surface area contributed by atoms with Gasteiger partial charge in [0.2, 0.25) is 0 Å². The number of cyclic esters (lactones) is 1. The number of hydrogen-bond donors (Lipinski definition) is 4. The van der Waals surface area contributed by atoms with Gasteiger partial charge in [-0.2, -0.15) is 0 Å². The van der Waals surface area contributed by atoms with Crippen LogP contribution in [0.25, 0.3) is 0 Å². The van der Waals surface area contributed by atoms with E-state index in [0.29, 0.717) is 31.3 Å². The number of aliphatic hydroxyl groups is 4. The number of ketones is 1. The number of hydrogen-bond acceptors (Lipinski definition) is 7. The quantitative estimate of drug-likeness (QED) is 0.452. The van der Waals surface area contributed by atoms with E-state index in [-0.39, 0.29) is 42.5 Å². The fourth-order valence-corrected chi connectivity index (χ4v) is 8.53. The third-order valence-electron chi connectivity index (χ3n) is 11.0. The minimum Gasteiger partial charge on any atom is -0.455 e. The van der Waals surface area contributed by atoms with Gasteiger partial charge in [0.1, 0.15) is 23.1 Å². The Kier molecular flexibility index (Phi) is 5.40. The lowest BCUT2D eigenvalue weighted by molar-refractivity contribution is -0.279. The Balaban J connectivity index is 1.53. The van der Waals surface area contributed by atoms with E-state index in [1.807, 2.05) is 26.0 Å². The van der Waals surface area contributed by atoms with Crippen molar-refractivity contribution in [2.24, 2.45) is 22.7 Å². The first-order valence-corrected chi connectivity index (χ1v) is 12.9. The molecule has 5 rings (SSSR count). The first kappa shape index (κ1) is 24.9. The molecular weight excluding hydrogens is 448 g/mol. The predicted molar refractivity (Wildman–Crippen MR) is 128 cm³/mol. The van der Waals surface area contributed by atoms with Crippen molar-refractivity contribution in [1.82, 2.24) is 0 Å². The van der Waals surface area contributed by atoms with E-state index in [9.17, 15) is 30.0 Å². The zero-order valence-corrected chi connectivity index (χ0v) is 21.1. The molecule has 4 N–H and O–H groups in total. The van der Waals surface area contributed by atoms with Gasteiger partial charge in [-0.15, -0.1) is 0 Å². The van der Waals surface area contributed by atoms with Crippen molar-refractivity contribution in [2.75, 3.05) is 6.61 Å². The van der Waals surface area contributed by atoms with Crippen molar-refractivity contribution in [2.45, 2.75) is 95.5 Å². The van der Waals surface area contributed by atoms with E-state index in [4.69, 9.17) is 4.74 Å². The highest BCUT2D eigenvalue weighted by Gasteiger charge is 2.76. The molecule has 5 aliphatic rings. The Morgan fingerprint density at radius 2 is 1.86 bits per heavy atom. The summed E-state index contributed by atoms with van der Waals surface area (Å²) in [5, 5.41) is 46.0. The van der Waals surface area contributed by atoms with Crippen LogP contribution in [0.5, 0.6) is 0 Å². The van der Waals surface area contributed by atoms with Crippen molar-refractivity contribution < 1.29 is 34.8 Å². The standard InChI is InChI=1S/C28H38O7/c1-16-14-22(35-23(31)18(16)15-29)26(4,32)28(34)13-12-27(33)20-9-8-17-6-5-7-21(30)25(17,3)19(20)10-11-24(27,28)2/h5-6,8,19-20,22,29,32-34H,7,9-15H2,1-4H3/t19-,20+,22+,24-,25-,26-,27+,28+/m0/s1. The summed E-state index contributed by atoms with van der Waals surface area (Å²) in [6.07, 6.45) is 7.74. The molecule has 0 bridgehead atoms. The third-order valence-corrected chi connectivity index (χ3v) is 11.0. The van der Waals surface area contributed by atoms with Gasteiger partial charge in [0.15, 0.2) is 0 Å². The summed E-state index contributed by atoms with van der Waals surface area (Å²) >= 11 is 0. The highest BCUT2D eigenvalue weighted by Crippen LogP contribution is 2.70. The van der Waals surface area contributed by atoms with Crippen LogP contribution in [0.4, 0.5) is 0 Å². The molecule has 4 aliphatic carbocycles. The first-order chi connectivity index (χ1) is 16.3. The average molecular weight is 487 g/mol. The van der Waals surface area contributed by atoms with Crippen molar-refractivity contribution in [1.29, 1.82) is 0 Å². The molecule has 7 heteroatoms. The second-order valence-electron chi connectivity index (χ2n) is 12.2. The second kappa shape index (κ2) is 7.60. The van der Waals surface area contributed by atoms with Gasteiger partial charge in [0.05, 0.1) is 23.2 Å². The van der Waals surface area contributed by atoms with Gasteiger partial charge in [-0.25, -0.2) is 4.79 Å². The summed E-state index contributed by atoms with van der Waals surface area (Å²) in [6, 6.07) is 0. The highest BCUT2D eigenvalue weighted by molar-refractivity contribution is 5.92. The van der Waals surface area contributed by atoms with Crippen molar-refractivity contribution in [3.05, 3.63) is 34.9 Å². The Hall–Kier alpha value is -1.80. The van der Waals surface area contributed by atoms with Crippen molar-refractivity contribution in [3.63, 3.8) is 0 Å². The Labute approximate surface area is 206 Å². The first-order valence-electron chi connectivity index (χ1n) is 12.9. The van der Waals surface area contributed by atoms with Crippen LogP contribution in [0.1, 0.15) is 72.6 Å². The molecule has 0 aromatic heterocycles. The number of esters is 1. The molecule has 7 nitrogen and oxygen atoms in total. The zero-order valence-electron chi connectivity index (χ0n) is 21.1. The van der Waals surface area contributed by atoms with Gasteiger partial charge in [0.25, 0.3) is 0 Å². The highest BCUT2D eigenvalue weighted by atomic mass is 16.6. The van der Waals surface area contributed by atoms with Gasteiger partial charge >= 0.3 is 5.97 Å². The average Bonchev–Trinajstić information content (AvgIpc) is 3.02. The number of Topliss-reactive ketones (excluding diaryl/α,β-unsaturated/α-hetero) is 1. The Morgan fingerprint density at radius 1 is 1.14 bits per heavy atom. The number of allylic oxidation sites excluding steroid dienone is 4. The molecular formula is C28H38O7. The lowest BCUT2D eigenvalue weighted by Gasteiger charge is -2.63. The van der Waals surface area contributed by atoms with Gasteiger partial charge in [0, 0.05) is 18.3 Å². The maximum absolute atomic E-state index is 13.2. The summed E-state index contributed by atoms with van der Waals surface area (Å²) in [4.78, 5) is 25.7. The fraction of sp³-hybridized carbons (Fsp3) is 0.714. The number of aliphatic hydroxyl groups excluding tert-OH is 1. The second-order valence-corrected chi connectivity index (χ2v) is 12.2. The summed E-state index contributed by atoms with van der Waals surface area (Å²) in [7, 11) is 0. The molecule has 0 unspecified atom stereocenters. The predicted octanol–water partition coefficient (Wildman–Crippen LogP) is 2.52. The minimum absolute atomic E-state index is 0.0462. The smallest absolute Gasteiger partial charge is 0.336 e. The van der Waals surface area contributed by atoms with Crippen molar-refractivity contribution in [3.8, 4) is 0 Å². The molecule has 0 amide bonds. The van der Waals surface area contributed by atoms with E-state index in [1.165, 1.54) is 6.92 Å². The zero-order chi connectivity index (χ0) is 25.6. The molecule has 0 aromatic carbocycles. The number of carbonyl (C=O) groups excluding carboxylic acids is 2. The van der Waals surface area contributed by atoms with Crippen molar-refractivity contribution >= 4 is 11.8 Å². The van der Waals surface area contributed by atoms with Crippen LogP contribution in [0.3, 0.4) is 0 Å². The number of carbonyl (C=O) groups is 2. The van der Waals surface area contributed by atoms with Gasteiger partial charge in [-0.05, 0) is 70.3 Å². The summed E-state index contributed by atoms with van der Waals surface area (Å²) < 4.78 is 5.56. The molecule has 1 aliphatic heterocycles. The molecule has 1 heterocycles. The van der Waals surface area contributed by atoms with E-state index in [2.05, 4.69) is 6.08 Å². The lowest BCUT2D eigenvalue weighted by atomic mass is 9.44. The summed E-state index contributed by atoms with van der Waals surface area (Å²) in [5.41, 5.74) is -4.73. The molecule has 192 valence electrons. The van der Waals surface area contributed by atoms with Crippen LogP contribution in [-0.4, -0.2) is 61.7 Å². The topological polar surface area (TPSA) is 124 Å². The van der Waals surface area contributed by atoms with Crippen LogP contribution >= 0.6 is 0 Å². The van der Waals surface area contributed by atoms with Gasteiger partial charge in [-0.3, -0.25) is 4.79 Å². The normalized spacial score (nSPS) is 46.9. The van der Waals surface area contributed by atoms with Crippen LogP contribution in [0, 0.1) is 22.7 Å². The molecule has 2 saturated carbocycles. The SMILES string of the molecule is CC1=C(CO)C(=O)O[C@@H]([C@](C)(O)[C@@]2(O)CC[C@@]3(O)[C@@H]4CC=C5C=CCC(=O)[C@]5(C)[C@H]4CC[C@]23C)C1. The molecule has 0 radical (unpaired) electrons. The van der Waals surface area contributed by atoms with E-state index in [1.54, 1.807) is 6.92 Å². The summed E-state index contributed by atoms with van der Waals surface area (Å²) in [6.45, 7) is 6.63. The molecule has 0 saturated heterocycles. The molecule has 8 atom stereocenters. The molecule has 0 spiro atoms. The molecule has 35 heavy (non-hydrogen) atoms. The van der Waals surface area contributed by atoms with Crippen LogP contribution in [0.2, 0.25) is 0 Å². The fourth-order valence-electron chi connectivity index (χ4n) is 8.53. The maximum atomic E-state index is 13.2. The van der Waals surface area contributed by atoms with Crippen LogP contribution < -0.4 is 0 Å². The van der Waals surface area contributed by atoms with Crippen LogP contribution in [-0.2, 0) is 14.3 Å². The monoisotopic (exact) mass is 486 g/mol. The van der Waals surface area contributed by atoms with E-state index >= 15 is 0 Å².